The Kier molecular flexibility index (Phi) is 11.4. The maximum Gasteiger partial charge on any atom is 0.227 e. The second-order valence-corrected chi connectivity index (χ2v) is 9.55. The summed E-state index contributed by atoms with van der Waals surface area (Å²) in [6.45, 7) is 17.7. The molecule has 7 nitrogen and oxygen atoms in total. The van der Waals surface area contributed by atoms with Crippen LogP contribution in [0.15, 0.2) is 36.8 Å². The van der Waals surface area contributed by atoms with Crippen molar-refractivity contribution in [2.45, 2.75) is 73.1 Å². The molecule has 0 saturated carbocycles. The van der Waals surface area contributed by atoms with E-state index in [-0.39, 0.29) is 0 Å². The zero-order valence-corrected chi connectivity index (χ0v) is 23.8. The van der Waals surface area contributed by atoms with E-state index < -0.39 is 0 Å². The minimum Gasteiger partial charge on any atom is -0.378 e. The maximum absolute atomic E-state index is 5.51. The van der Waals surface area contributed by atoms with Crippen LogP contribution in [0, 0.1) is 13.8 Å². The minimum absolute atomic E-state index is 0.505. The lowest BCUT2D eigenvalue weighted by Crippen LogP contribution is -2.38. The molecule has 3 aromatic rings. The van der Waals surface area contributed by atoms with E-state index in [4.69, 9.17) is 14.7 Å². The van der Waals surface area contributed by atoms with E-state index >= 15 is 0 Å². The first kappa shape index (κ1) is 28.6. The smallest absolute Gasteiger partial charge is 0.227 e. The Morgan fingerprint density at radius 3 is 2.24 bits per heavy atom. The van der Waals surface area contributed by atoms with Crippen molar-refractivity contribution in [1.82, 2.24) is 19.9 Å². The SMILES string of the molecule is CC.CCCC.Cc1cccc(-c2cnc(N3CCOCC3)nc2N2CCC(c3nc[nH]c3C)CC2)c1. The first-order valence-corrected chi connectivity index (χ1v) is 14.1. The van der Waals surface area contributed by atoms with Crippen molar-refractivity contribution < 1.29 is 4.74 Å². The molecule has 1 aromatic carbocycles. The highest BCUT2D eigenvalue weighted by Crippen LogP contribution is 2.35. The van der Waals surface area contributed by atoms with E-state index in [0.717, 1.165) is 69.6 Å². The number of H-pyrrole nitrogens is 1. The number of hydrogen-bond donors (Lipinski definition) is 1. The van der Waals surface area contributed by atoms with Crippen molar-refractivity contribution in [3.8, 4) is 11.1 Å². The maximum atomic E-state index is 5.51. The van der Waals surface area contributed by atoms with Crippen molar-refractivity contribution in [3.63, 3.8) is 0 Å². The first-order valence-electron chi connectivity index (χ1n) is 14.1. The number of nitrogens with zero attached hydrogens (tertiary/aromatic N) is 5. The quantitative estimate of drug-likeness (QED) is 0.424. The fourth-order valence-corrected chi connectivity index (χ4v) is 4.68. The summed E-state index contributed by atoms with van der Waals surface area (Å²) in [4.78, 5) is 22.3. The third-order valence-corrected chi connectivity index (χ3v) is 6.93. The van der Waals surface area contributed by atoms with Gasteiger partial charge in [-0.1, -0.05) is 70.4 Å². The van der Waals surface area contributed by atoms with Gasteiger partial charge in [0.1, 0.15) is 5.82 Å². The molecule has 4 heterocycles. The molecule has 37 heavy (non-hydrogen) atoms. The van der Waals surface area contributed by atoms with Crippen LogP contribution in [0.2, 0.25) is 0 Å². The van der Waals surface area contributed by atoms with Crippen molar-refractivity contribution in [2.75, 3.05) is 49.2 Å². The molecule has 2 aliphatic rings. The highest BCUT2D eigenvalue weighted by atomic mass is 16.5. The Bertz CT molecular complexity index is 1070. The Morgan fingerprint density at radius 2 is 1.65 bits per heavy atom. The van der Waals surface area contributed by atoms with Gasteiger partial charge in [-0.3, -0.25) is 0 Å². The number of imidazole rings is 1. The zero-order chi connectivity index (χ0) is 26.6. The van der Waals surface area contributed by atoms with Gasteiger partial charge in [0, 0.05) is 49.6 Å². The second-order valence-electron chi connectivity index (χ2n) is 9.55. The molecule has 0 spiro atoms. The Balaban J connectivity index is 0.000000580. The number of nitrogens with one attached hydrogen (secondary N) is 1. The predicted octanol–water partition coefficient (Wildman–Crippen LogP) is 6.54. The van der Waals surface area contributed by atoms with Crippen molar-refractivity contribution in [1.29, 1.82) is 0 Å². The van der Waals surface area contributed by atoms with Crippen molar-refractivity contribution in [2.24, 2.45) is 0 Å². The number of aromatic nitrogens is 4. The largest absolute Gasteiger partial charge is 0.378 e. The van der Waals surface area contributed by atoms with Crippen LogP contribution in [-0.4, -0.2) is 59.3 Å². The van der Waals surface area contributed by atoms with Crippen LogP contribution in [0.5, 0.6) is 0 Å². The van der Waals surface area contributed by atoms with Crippen LogP contribution in [0.3, 0.4) is 0 Å². The van der Waals surface area contributed by atoms with E-state index in [2.05, 4.69) is 71.7 Å². The van der Waals surface area contributed by atoms with Gasteiger partial charge in [0.15, 0.2) is 0 Å². The number of anilines is 2. The van der Waals surface area contributed by atoms with E-state index in [1.165, 1.54) is 35.4 Å². The molecule has 2 aromatic heterocycles. The number of hydrogen-bond acceptors (Lipinski definition) is 6. The lowest BCUT2D eigenvalue weighted by Gasteiger charge is -2.34. The van der Waals surface area contributed by atoms with Gasteiger partial charge < -0.3 is 19.5 Å². The molecule has 202 valence electrons. The number of benzene rings is 1. The summed E-state index contributed by atoms with van der Waals surface area (Å²) < 4.78 is 5.51. The molecule has 0 bridgehead atoms. The Hall–Kier alpha value is -2.93. The highest BCUT2D eigenvalue weighted by Gasteiger charge is 2.27. The van der Waals surface area contributed by atoms with Gasteiger partial charge in [-0.25, -0.2) is 9.97 Å². The van der Waals surface area contributed by atoms with Crippen LogP contribution >= 0.6 is 0 Å². The van der Waals surface area contributed by atoms with E-state index in [9.17, 15) is 0 Å². The summed E-state index contributed by atoms with van der Waals surface area (Å²) in [7, 11) is 0. The number of rotatable bonds is 5. The summed E-state index contributed by atoms with van der Waals surface area (Å²) in [6, 6.07) is 8.61. The number of ether oxygens (including phenoxy) is 1. The third-order valence-electron chi connectivity index (χ3n) is 6.93. The van der Waals surface area contributed by atoms with E-state index in [1.54, 1.807) is 0 Å². The number of morpholine rings is 1. The number of piperidine rings is 1. The summed E-state index contributed by atoms with van der Waals surface area (Å²) in [5.74, 6) is 2.35. The van der Waals surface area contributed by atoms with Crippen LogP contribution in [0.1, 0.15) is 76.2 Å². The zero-order valence-electron chi connectivity index (χ0n) is 23.8. The van der Waals surface area contributed by atoms with Crippen molar-refractivity contribution >= 4 is 11.8 Å². The standard InChI is InChI=1S/C24H30N6O.C4H10.C2H6/c1-17-4-3-5-20(14-17)21-15-25-24(30-10-12-31-13-11-30)28-23(21)29-8-6-19(7-9-29)22-18(2)26-16-27-22;1-3-4-2;1-2/h3-5,14-16,19H,6-13H2,1-2H3,(H,26,27);3-4H2,1-2H3;1-2H3. The average Bonchev–Trinajstić information content (AvgIpc) is 3.40. The van der Waals surface area contributed by atoms with Gasteiger partial charge >= 0.3 is 0 Å². The fraction of sp³-hybridized carbons (Fsp3) is 0.567. The molecular formula is C30H46N6O. The summed E-state index contributed by atoms with van der Waals surface area (Å²) in [6.07, 6.45) is 8.61. The summed E-state index contributed by atoms with van der Waals surface area (Å²) in [5, 5.41) is 0. The average molecular weight is 507 g/mol. The molecule has 2 aliphatic heterocycles. The van der Waals surface area contributed by atoms with Crippen LogP contribution in [0.25, 0.3) is 11.1 Å². The van der Waals surface area contributed by atoms with E-state index in [0.29, 0.717) is 5.92 Å². The van der Waals surface area contributed by atoms with E-state index in [1.807, 2.05) is 26.4 Å². The molecule has 0 amide bonds. The molecule has 7 heteroatoms. The molecule has 5 rings (SSSR count). The number of aromatic amines is 1. The van der Waals surface area contributed by atoms with Gasteiger partial charge in [-0.05, 0) is 32.3 Å². The summed E-state index contributed by atoms with van der Waals surface area (Å²) in [5.41, 5.74) is 5.93. The lowest BCUT2D eigenvalue weighted by molar-refractivity contribution is 0.122. The third kappa shape index (κ3) is 7.54. The van der Waals surface area contributed by atoms with Crippen LogP contribution in [-0.2, 0) is 4.74 Å². The lowest BCUT2D eigenvalue weighted by atomic mass is 9.92. The molecule has 1 N–H and O–H groups in total. The molecule has 0 aliphatic carbocycles. The van der Waals surface area contributed by atoms with Gasteiger partial charge in [0.05, 0.1) is 25.2 Å². The summed E-state index contributed by atoms with van der Waals surface area (Å²) >= 11 is 0. The first-order chi connectivity index (χ1) is 18.1. The van der Waals surface area contributed by atoms with Crippen molar-refractivity contribution in [3.05, 3.63) is 53.7 Å². The molecular weight excluding hydrogens is 460 g/mol. The van der Waals surface area contributed by atoms with Gasteiger partial charge in [0.2, 0.25) is 5.95 Å². The van der Waals surface area contributed by atoms with Crippen LogP contribution in [0.4, 0.5) is 11.8 Å². The predicted molar refractivity (Wildman–Crippen MR) is 155 cm³/mol. The molecule has 0 atom stereocenters. The normalized spacial score (nSPS) is 15.9. The number of aryl methyl sites for hydroxylation is 2. The van der Waals surface area contributed by atoms with Crippen LogP contribution < -0.4 is 9.80 Å². The van der Waals surface area contributed by atoms with Gasteiger partial charge in [-0.15, -0.1) is 0 Å². The Morgan fingerprint density at radius 1 is 0.946 bits per heavy atom. The van der Waals surface area contributed by atoms with Gasteiger partial charge in [0.25, 0.3) is 0 Å². The molecule has 0 radical (unpaired) electrons. The highest BCUT2D eigenvalue weighted by molar-refractivity contribution is 5.76. The Labute approximate surface area is 223 Å². The minimum atomic E-state index is 0.505. The fourth-order valence-electron chi connectivity index (χ4n) is 4.68. The number of unbranched alkanes of at least 4 members (excludes halogenated alkanes) is 1. The monoisotopic (exact) mass is 506 g/mol. The second kappa shape index (κ2) is 14.7. The van der Waals surface area contributed by atoms with Gasteiger partial charge in [-0.2, -0.15) is 4.98 Å². The topological polar surface area (TPSA) is 70.2 Å². The molecule has 0 unspecified atom stereocenters. The molecule has 2 saturated heterocycles. The molecule has 2 fully saturated rings.